The molecule has 0 atom stereocenters. The van der Waals surface area contributed by atoms with Crippen LogP contribution in [-0.4, -0.2) is 21.9 Å². The van der Waals surface area contributed by atoms with Crippen LogP contribution in [0.1, 0.15) is 57.3 Å². The van der Waals surface area contributed by atoms with Crippen molar-refractivity contribution in [2.45, 2.75) is 53.0 Å². The van der Waals surface area contributed by atoms with Gasteiger partial charge in [-0.3, -0.25) is 9.59 Å². The Morgan fingerprint density at radius 1 is 1.30 bits per heavy atom. The number of rotatable bonds is 2. The summed E-state index contributed by atoms with van der Waals surface area (Å²) in [5.41, 5.74) is 0.0720. The van der Waals surface area contributed by atoms with Crippen molar-refractivity contribution in [3.05, 3.63) is 28.4 Å². The van der Waals surface area contributed by atoms with E-state index in [1.54, 1.807) is 0 Å². The molecule has 0 aliphatic heterocycles. The number of hydrogen-bond acceptors (Lipinski definition) is 3. The topological polar surface area (TPSA) is 74.8 Å². The van der Waals surface area contributed by atoms with Gasteiger partial charge in [0, 0.05) is 12.2 Å². The Bertz CT molecular complexity index is 544. The van der Waals surface area contributed by atoms with Crippen LogP contribution < -0.4 is 10.9 Å². The van der Waals surface area contributed by atoms with Gasteiger partial charge in [-0.15, -0.1) is 0 Å². The van der Waals surface area contributed by atoms with Gasteiger partial charge in [0.25, 0.3) is 11.5 Å². The number of amides is 1. The molecule has 2 rings (SSSR count). The van der Waals surface area contributed by atoms with Gasteiger partial charge in [0.2, 0.25) is 0 Å². The molecule has 1 saturated carbocycles. The van der Waals surface area contributed by atoms with Gasteiger partial charge in [-0.1, -0.05) is 27.7 Å². The lowest BCUT2D eigenvalue weighted by Crippen LogP contribution is -2.46. The minimum absolute atomic E-state index is 0.0775. The van der Waals surface area contributed by atoms with E-state index < -0.39 is 5.56 Å². The molecule has 2 N–H and O–H groups in total. The fraction of sp³-hybridized carbons (Fsp3) is 0.667. The molecule has 0 radical (unpaired) electrons. The number of nitrogens with one attached hydrogen (secondary N) is 2. The Morgan fingerprint density at radius 3 is 2.45 bits per heavy atom. The molecule has 0 aromatic carbocycles. The fourth-order valence-corrected chi connectivity index (χ4v) is 3.72. The van der Waals surface area contributed by atoms with E-state index in [9.17, 15) is 9.59 Å². The van der Waals surface area contributed by atoms with E-state index in [2.05, 4.69) is 43.0 Å². The summed E-state index contributed by atoms with van der Waals surface area (Å²) in [5.74, 6) is -0.335. The standard InChI is InChI=1S/C15H23N3O2/c1-14(2)5-10(6-15(3,4)8-14)18-13(20)11-7-16-9-17-12(11)19/h7,9-10H,5-6,8H2,1-4H3,(H,18,20)(H,16,17,19). The number of hydrogen-bond donors (Lipinski definition) is 2. The molecule has 1 aromatic heterocycles. The molecule has 1 amide bonds. The SMILES string of the molecule is CC1(C)CC(NC(=O)c2cnc[nH]c2=O)CC(C)(C)C1. The number of nitrogens with zero attached hydrogens (tertiary/aromatic N) is 1. The molecule has 0 unspecified atom stereocenters. The third-order valence-electron chi connectivity index (χ3n) is 3.85. The van der Waals surface area contributed by atoms with Crippen LogP contribution in [0.2, 0.25) is 0 Å². The van der Waals surface area contributed by atoms with Crippen molar-refractivity contribution >= 4 is 5.91 Å². The quantitative estimate of drug-likeness (QED) is 0.869. The average Bonchev–Trinajstić information content (AvgIpc) is 2.24. The van der Waals surface area contributed by atoms with Crippen LogP contribution in [0, 0.1) is 10.8 Å². The molecule has 0 bridgehead atoms. The van der Waals surface area contributed by atoms with Gasteiger partial charge in [-0.25, -0.2) is 4.98 Å². The Hall–Kier alpha value is -1.65. The summed E-state index contributed by atoms with van der Waals surface area (Å²) in [6.45, 7) is 8.90. The van der Waals surface area contributed by atoms with Crippen LogP contribution in [0.4, 0.5) is 0 Å². The van der Waals surface area contributed by atoms with Crippen LogP contribution in [0.3, 0.4) is 0 Å². The highest BCUT2D eigenvalue weighted by atomic mass is 16.2. The van der Waals surface area contributed by atoms with E-state index in [0.717, 1.165) is 19.3 Å². The van der Waals surface area contributed by atoms with Crippen LogP contribution in [-0.2, 0) is 0 Å². The van der Waals surface area contributed by atoms with Crippen molar-refractivity contribution < 1.29 is 4.79 Å². The first-order valence-electron chi connectivity index (χ1n) is 7.02. The number of carbonyl (C=O) groups excluding carboxylic acids is 1. The molecule has 5 heteroatoms. The van der Waals surface area contributed by atoms with Gasteiger partial charge in [-0.2, -0.15) is 0 Å². The molecule has 0 spiro atoms. The highest BCUT2D eigenvalue weighted by molar-refractivity contribution is 5.93. The first-order valence-corrected chi connectivity index (χ1v) is 7.02. The monoisotopic (exact) mass is 277 g/mol. The Kier molecular flexibility index (Phi) is 3.71. The van der Waals surface area contributed by atoms with Gasteiger partial charge >= 0.3 is 0 Å². The van der Waals surface area contributed by atoms with Gasteiger partial charge in [0.15, 0.2) is 0 Å². The molecule has 1 aromatic rings. The molecule has 1 heterocycles. The molecule has 1 fully saturated rings. The smallest absolute Gasteiger partial charge is 0.263 e. The van der Waals surface area contributed by atoms with Crippen molar-refractivity contribution in [3.63, 3.8) is 0 Å². The number of aromatic amines is 1. The maximum Gasteiger partial charge on any atom is 0.263 e. The summed E-state index contributed by atoms with van der Waals surface area (Å²) in [6, 6.07) is 0.0980. The summed E-state index contributed by atoms with van der Waals surface area (Å²) in [5, 5.41) is 2.99. The fourth-order valence-electron chi connectivity index (χ4n) is 3.72. The average molecular weight is 277 g/mol. The minimum Gasteiger partial charge on any atom is -0.349 e. The molecule has 0 saturated heterocycles. The molecule has 1 aliphatic carbocycles. The van der Waals surface area contributed by atoms with Crippen molar-refractivity contribution in [1.29, 1.82) is 0 Å². The lowest BCUT2D eigenvalue weighted by Gasteiger charge is -2.45. The Labute approximate surface area is 119 Å². The summed E-state index contributed by atoms with van der Waals surface area (Å²) < 4.78 is 0. The lowest BCUT2D eigenvalue weighted by molar-refractivity contribution is 0.0712. The maximum atomic E-state index is 12.2. The third-order valence-corrected chi connectivity index (χ3v) is 3.85. The molecular weight excluding hydrogens is 254 g/mol. The van der Waals surface area contributed by atoms with E-state index in [0.29, 0.717) is 0 Å². The van der Waals surface area contributed by atoms with Crippen molar-refractivity contribution in [1.82, 2.24) is 15.3 Å². The van der Waals surface area contributed by atoms with E-state index in [4.69, 9.17) is 0 Å². The third kappa shape index (κ3) is 3.46. The molecule has 5 nitrogen and oxygen atoms in total. The number of carbonyl (C=O) groups is 1. The second-order valence-electron chi connectivity index (χ2n) is 7.38. The predicted octanol–water partition coefficient (Wildman–Crippen LogP) is 2.10. The first-order chi connectivity index (χ1) is 9.19. The Balaban J connectivity index is 2.12. The highest BCUT2D eigenvalue weighted by Crippen LogP contribution is 2.45. The second kappa shape index (κ2) is 5.04. The minimum atomic E-state index is -0.396. The predicted molar refractivity (Wildman–Crippen MR) is 77.5 cm³/mol. The summed E-state index contributed by atoms with van der Waals surface area (Å²) in [7, 11) is 0. The normalized spacial score (nSPS) is 21.4. The van der Waals surface area contributed by atoms with Crippen LogP contribution in [0.25, 0.3) is 0 Å². The van der Waals surface area contributed by atoms with Gasteiger partial charge < -0.3 is 10.3 Å². The molecular formula is C15H23N3O2. The zero-order chi connectivity index (χ0) is 15.0. The Morgan fingerprint density at radius 2 is 1.90 bits per heavy atom. The number of H-pyrrole nitrogens is 1. The van der Waals surface area contributed by atoms with Gasteiger partial charge in [-0.05, 0) is 30.1 Å². The van der Waals surface area contributed by atoms with Crippen LogP contribution in [0.5, 0.6) is 0 Å². The largest absolute Gasteiger partial charge is 0.349 e. The van der Waals surface area contributed by atoms with Gasteiger partial charge in [0.05, 0.1) is 6.33 Å². The van der Waals surface area contributed by atoms with Crippen molar-refractivity contribution in [2.24, 2.45) is 10.8 Å². The highest BCUT2D eigenvalue weighted by Gasteiger charge is 2.39. The van der Waals surface area contributed by atoms with Crippen LogP contribution in [0.15, 0.2) is 17.3 Å². The lowest BCUT2D eigenvalue weighted by atomic mass is 9.63. The van der Waals surface area contributed by atoms with E-state index in [-0.39, 0.29) is 28.3 Å². The van der Waals surface area contributed by atoms with E-state index >= 15 is 0 Å². The van der Waals surface area contributed by atoms with Crippen molar-refractivity contribution in [3.8, 4) is 0 Å². The molecule has 20 heavy (non-hydrogen) atoms. The zero-order valence-corrected chi connectivity index (χ0v) is 12.6. The molecule has 1 aliphatic rings. The second-order valence-corrected chi connectivity index (χ2v) is 7.38. The zero-order valence-electron chi connectivity index (χ0n) is 12.6. The summed E-state index contributed by atoms with van der Waals surface area (Å²) in [4.78, 5) is 30.0. The maximum absolute atomic E-state index is 12.2. The van der Waals surface area contributed by atoms with Gasteiger partial charge in [0.1, 0.15) is 5.56 Å². The molecule has 110 valence electrons. The van der Waals surface area contributed by atoms with Crippen LogP contribution >= 0.6 is 0 Å². The van der Waals surface area contributed by atoms with E-state index in [1.807, 2.05) is 0 Å². The van der Waals surface area contributed by atoms with E-state index in [1.165, 1.54) is 12.5 Å². The van der Waals surface area contributed by atoms with Crippen molar-refractivity contribution in [2.75, 3.05) is 0 Å². The number of aromatic nitrogens is 2. The first kappa shape index (κ1) is 14.8. The summed E-state index contributed by atoms with van der Waals surface area (Å²) in [6.07, 6.45) is 5.60. The summed E-state index contributed by atoms with van der Waals surface area (Å²) >= 11 is 0.